The molecule has 0 unspecified atom stereocenters. The van der Waals surface area contributed by atoms with E-state index in [2.05, 4.69) is 40.2 Å². The molecule has 0 aliphatic carbocycles. The molecule has 0 aliphatic heterocycles. The van der Waals surface area contributed by atoms with Gasteiger partial charge in [-0.25, -0.2) is 0 Å². The number of hydrogen-bond donors (Lipinski definition) is 0. The molecule has 0 saturated carbocycles. The second kappa shape index (κ2) is 3.75. The molecule has 1 heteroatoms. The highest BCUT2D eigenvalue weighted by atomic mass is 79.9. The Labute approximate surface area is 86.4 Å². The molecule has 0 nitrogen and oxygen atoms in total. The molecule has 0 aliphatic rings. The summed E-state index contributed by atoms with van der Waals surface area (Å²) in [6.07, 6.45) is 0. The fourth-order valence-electron chi connectivity index (χ4n) is 1.22. The third-order valence-electron chi connectivity index (χ3n) is 1.88. The van der Waals surface area contributed by atoms with Crippen molar-refractivity contribution in [3.63, 3.8) is 0 Å². The van der Waals surface area contributed by atoms with E-state index in [1.165, 1.54) is 11.1 Å². The topological polar surface area (TPSA) is 0 Å². The summed E-state index contributed by atoms with van der Waals surface area (Å²) in [5, 5.41) is 0. The molecule has 0 atom stereocenters. The Balaban J connectivity index is 2.42. The van der Waals surface area contributed by atoms with Gasteiger partial charge in [-0.3, -0.25) is 0 Å². The molecule has 0 saturated heterocycles. The van der Waals surface area contributed by atoms with Crippen LogP contribution in [0.1, 0.15) is 0 Å². The first kappa shape index (κ1) is 8.52. The standard InChI is InChI=1S/C12H8Br/c13-12-8-6-11(7-9-12)10-4-2-1-3-5-10/h1-2,4-9H. The predicted molar refractivity (Wildman–Crippen MR) is 58.4 cm³/mol. The van der Waals surface area contributed by atoms with Crippen LogP contribution >= 0.6 is 15.9 Å². The van der Waals surface area contributed by atoms with Crippen molar-refractivity contribution in [1.82, 2.24) is 0 Å². The first-order valence-electron chi connectivity index (χ1n) is 4.08. The van der Waals surface area contributed by atoms with Gasteiger partial charge in [0.05, 0.1) is 0 Å². The number of halogens is 1. The van der Waals surface area contributed by atoms with Crippen molar-refractivity contribution in [2.24, 2.45) is 0 Å². The van der Waals surface area contributed by atoms with E-state index < -0.39 is 0 Å². The zero-order valence-corrected chi connectivity index (χ0v) is 8.58. The molecule has 0 fully saturated rings. The first-order chi connectivity index (χ1) is 6.36. The SMILES string of the molecule is Brc1ccc(-c2c[c]ccc2)cc1. The van der Waals surface area contributed by atoms with Gasteiger partial charge < -0.3 is 0 Å². The summed E-state index contributed by atoms with van der Waals surface area (Å²) in [7, 11) is 0. The molecule has 0 spiro atoms. The number of hydrogen-bond acceptors (Lipinski definition) is 0. The van der Waals surface area contributed by atoms with Gasteiger partial charge in [0, 0.05) is 4.47 Å². The molecule has 2 aromatic carbocycles. The Morgan fingerprint density at radius 1 is 0.923 bits per heavy atom. The Kier molecular flexibility index (Phi) is 2.46. The minimum absolute atomic E-state index is 1.11. The lowest BCUT2D eigenvalue weighted by molar-refractivity contribution is 1.59. The zero-order valence-electron chi connectivity index (χ0n) is 7.00. The van der Waals surface area contributed by atoms with Crippen LogP contribution in [0.4, 0.5) is 0 Å². The predicted octanol–water partition coefficient (Wildman–Crippen LogP) is 3.92. The fourth-order valence-corrected chi connectivity index (χ4v) is 1.48. The van der Waals surface area contributed by atoms with Gasteiger partial charge in [0.15, 0.2) is 0 Å². The maximum absolute atomic E-state index is 3.41. The fraction of sp³-hybridized carbons (Fsp3) is 0. The van der Waals surface area contributed by atoms with Crippen LogP contribution in [0.15, 0.2) is 53.0 Å². The van der Waals surface area contributed by atoms with Gasteiger partial charge in [0.1, 0.15) is 0 Å². The molecule has 0 heterocycles. The van der Waals surface area contributed by atoms with Gasteiger partial charge in [0.25, 0.3) is 0 Å². The van der Waals surface area contributed by atoms with Gasteiger partial charge in [-0.1, -0.05) is 46.3 Å². The number of benzene rings is 2. The summed E-state index contributed by atoms with van der Waals surface area (Å²) in [6, 6.07) is 19.3. The molecule has 0 aromatic heterocycles. The molecule has 0 amide bonds. The smallest absolute Gasteiger partial charge is 0.0175 e. The summed E-state index contributed by atoms with van der Waals surface area (Å²) in [5.41, 5.74) is 2.43. The molecule has 0 N–H and O–H groups in total. The van der Waals surface area contributed by atoms with Crippen LogP contribution in [0, 0.1) is 6.07 Å². The third-order valence-corrected chi connectivity index (χ3v) is 2.41. The second-order valence-electron chi connectivity index (χ2n) is 2.80. The van der Waals surface area contributed by atoms with E-state index >= 15 is 0 Å². The van der Waals surface area contributed by atoms with E-state index in [1.807, 2.05) is 30.3 Å². The molecular weight excluding hydrogens is 224 g/mol. The highest BCUT2D eigenvalue weighted by Crippen LogP contribution is 2.20. The van der Waals surface area contributed by atoms with Crippen LogP contribution in [-0.2, 0) is 0 Å². The quantitative estimate of drug-likeness (QED) is 0.699. The van der Waals surface area contributed by atoms with E-state index in [-0.39, 0.29) is 0 Å². The highest BCUT2D eigenvalue weighted by molar-refractivity contribution is 9.10. The maximum atomic E-state index is 3.41. The van der Waals surface area contributed by atoms with Gasteiger partial charge >= 0.3 is 0 Å². The second-order valence-corrected chi connectivity index (χ2v) is 3.71. The van der Waals surface area contributed by atoms with Gasteiger partial charge in [-0.2, -0.15) is 0 Å². The minimum Gasteiger partial charge on any atom is -0.0610 e. The van der Waals surface area contributed by atoms with E-state index in [0.29, 0.717) is 0 Å². The van der Waals surface area contributed by atoms with E-state index in [4.69, 9.17) is 0 Å². The monoisotopic (exact) mass is 231 g/mol. The summed E-state index contributed by atoms with van der Waals surface area (Å²) < 4.78 is 1.11. The zero-order chi connectivity index (χ0) is 9.10. The van der Waals surface area contributed by atoms with Crippen LogP contribution < -0.4 is 0 Å². The van der Waals surface area contributed by atoms with Crippen molar-refractivity contribution in [2.75, 3.05) is 0 Å². The molecule has 13 heavy (non-hydrogen) atoms. The summed E-state index contributed by atoms with van der Waals surface area (Å²) in [5.74, 6) is 0. The average molecular weight is 232 g/mol. The van der Waals surface area contributed by atoms with Crippen molar-refractivity contribution < 1.29 is 0 Å². The third kappa shape index (κ3) is 1.99. The summed E-state index contributed by atoms with van der Waals surface area (Å²) in [4.78, 5) is 0. The minimum atomic E-state index is 1.11. The Bertz CT molecular complexity index is 376. The highest BCUT2D eigenvalue weighted by Gasteiger charge is 1.94. The van der Waals surface area contributed by atoms with Crippen molar-refractivity contribution in [2.45, 2.75) is 0 Å². The first-order valence-corrected chi connectivity index (χ1v) is 4.87. The Morgan fingerprint density at radius 3 is 2.31 bits per heavy atom. The van der Waals surface area contributed by atoms with Crippen molar-refractivity contribution in [1.29, 1.82) is 0 Å². The molecule has 2 rings (SSSR count). The molecule has 0 bridgehead atoms. The van der Waals surface area contributed by atoms with Crippen molar-refractivity contribution >= 4 is 15.9 Å². The Hall–Kier alpha value is -1.08. The molecule has 63 valence electrons. The van der Waals surface area contributed by atoms with E-state index in [9.17, 15) is 0 Å². The summed E-state index contributed by atoms with van der Waals surface area (Å²) >= 11 is 3.41. The number of rotatable bonds is 1. The van der Waals surface area contributed by atoms with Gasteiger partial charge in [-0.05, 0) is 35.4 Å². The van der Waals surface area contributed by atoms with Crippen molar-refractivity contribution in [3.05, 3.63) is 59.1 Å². The van der Waals surface area contributed by atoms with Gasteiger partial charge in [-0.15, -0.1) is 0 Å². The molecule has 1 radical (unpaired) electrons. The maximum Gasteiger partial charge on any atom is 0.0175 e. The lowest BCUT2D eigenvalue weighted by Crippen LogP contribution is -1.75. The van der Waals surface area contributed by atoms with Crippen molar-refractivity contribution in [3.8, 4) is 11.1 Å². The molecule has 2 aromatic rings. The lowest BCUT2D eigenvalue weighted by Gasteiger charge is -1.99. The Morgan fingerprint density at radius 2 is 1.69 bits per heavy atom. The summed E-state index contributed by atoms with van der Waals surface area (Å²) in [6.45, 7) is 0. The van der Waals surface area contributed by atoms with Crippen LogP contribution in [0.3, 0.4) is 0 Å². The van der Waals surface area contributed by atoms with Crippen LogP contribution in [0.2, 0.25) is 0 Å². The largest absolute Gasteiger partial charge is 0.0610 e. The van der Waals surface area contributed by atoms with E-state index in [0.717, 1.165) is 4.47 Å². The van der Waals surface area contributed by atoms with Crippen LogP contribution in [0.25, 0.3) is 11.1 Å². The van der Waals surface area contributed by atoms with Crippen LogP contribution in [-0.4, -0.2) is 0 Å². The average Bonchev–Trinajstić information content (AvgIpc) is 2.20. The lowest BCUT2D eigenvalue weighted by atomic mass is 10.1. The normalized spacial score (nSPS) is 9.92. The molecular formula is C12H8Br. The van der Waals surface area contributed by atoms with Gasteiger partial charge in [0.2, 0.25) is 0 Å². The van der Waals surface area contributed by atoms with Crippen LogP contribution in [0.5, 0.6) is 0 Å². The van der Waals surface area contributed by atoms with E-state index in [1.54, 1.807) is 0 Å².